The minimum absolute atomic E-state index is 0.204. The van der Waals surface area contributed by atoms with Crippen LogP contribution < -0.4 is 10.1 Å². The first-order valence-electron chi connectivity index (χ1n) is 8.45. The summed E-state index contributed by atoms with van der Waals surface area (Å²) in [4.78, 5) is 22.8. The lowest BCUT2D eigenvalue weighted by Crippen LogP contribution is -2.25. The maximum Gasteiger partial charge on any atom is 0.286 e. The van der Waals surface area contributed by atoms with Crippen molar-refractivity contribution in [2.45, 2.75) is 31.4 Å². The lowest BCUT2D eigenvalue weighted by atomic mass is 10.1. The van der Waals surface area contributed by atoms with Crippen molar-refractivity contribution in [1.29, 1.82) is 0 Å². The lowest BCUT2D eigenvalue weighted by molar-refractivity contribution is -0.118. The van der Waals surface area contributed by atoms with Crippen molar-refractivity contribution in [3.63, 3.8) is 0 Å². The van der Waals surface area contributed by atoms with Crippen LogP contribution in [0, 0.1) is 0 Å². The van der Waals surface area contributed by atoms with Crippen LogP contribution in [0.4, 0.5) is 4.79 Å². The third-order valence-electron chi connectivity index (χ3n) is 4.20. The van der Waals surface area contributed by atoms with Crippen LogP contribution >= 0.6 is 11.8 Å². The molecule has 0 radical (unpaired) electrons. The van der Waals surface area contributed by atoms with E-state index in [0.29, 0.717) is 13.0 Å². The maximum atomic E-state index is 11.6. The predicted molar refractivity (Wildman–Crippen MR) is 100 cm³/mol. The summed E-state index contributed by atoms with van der Waals surface area (Å²) in [6.07, 6.45) is 2.47. The number of imide groups is 1. The Labute approximate surface area is 152 Å². The molecule has 130 valence electrons. The first-order chi connectivity index (χ1) is 12.1. The summed E-state index contributed by atoms with van der Waals surface area (Å²) in [6, 6.07) is 16.3. The van der Waals surface area contributed by atoms with E-state index in [2.05, 4.69) is 36.5 Å². The van der Waals surface area contributed by atoms with Gasteiger partial charge in [0, 0.05) is 6.42 Å². The van der Waals surface area contributed by atoms with E-state index in [-0.39, 0.29) is 16.4 Å². The first kappa shape index (κ1) is 17.5. The molecule has 0 aliphatic carbocycles. The SMILES string of the molecule is CCc1ccc(CCOc2ccc(C[C@@H]3SC(=O)NC3=O)cc2)cc1. The summed E-state index contributed by atoms with van der Waals surface area (Å²) in [5.74, 6) is 0.609. The average Bonchev–Trinajstić information content (AvgIpc) is 2.94. The fourth-order valence-corrected chi connectivity index (χ4v) is 3.55. The standard InChI is InChI=1S/C20H21NO3S/c1-2-14-3-5-15(6-4-14)11-12-24-17-9-7-16(8-10-17)13-18-19(22)21-20(23)25-18/h3-10,18H,2,11-13H2,1H3,(H,21,22,23)/t18-/m0/s1. The van der Waals surface area contributed by atoms with Gasteiger partial charge >= 0.3 is 0 Å². The minimum atomic E-state index is -0.328. The zero-order valence-electron chi connectivity index (χ0n) is 14.2. The van der Waals surface area contributed by atoms with Crippen LogP contribution in [0.5, 0.6) is 5.75 Å². The Morgan fingerprint density at radius 2 is 1.60 bits per heavy atom. The normalized spacial score (nSPS) is 16.8. The molecule has 1 N–H and O–H groups in total. The number of thioether (sulfide) groups is 1. The molecule has 1 aliphatic heterocycles. The van der Waals surface area contributed by atoms with Crippen LogP contribution in [0.1, 0.15) is 23.6 Å². The van der Waals surface area contributed by atoms with Crippen molar-refractivity contribution in [3.8, 4) is 5.75 Å². The molecule has 0 unspecified atom stereocenters. The molecule has 0 bridgehead atoms. The molecular weight excluding hydrogens is 334 g/mol. The van der Waals surface area contributed by atoms with Gasteiger partial charge in [-0.1, -0.05) is 55.1 Å². The van der Waals surface area contributed by atoms with Gasteiger partial charge in [0.2, 0.25) is 5.91 Å². The van der Waals surface area contributed by atoms with Gasteiger partial charge in [0.25, 0.3) is 5.24 Å². The second-order valence-electron chi connectivity index (χ2n) is 6.00. The summed E-state index contributed by atoms with van der Waals surface area (Å²) < 4.78 is 5.79. The number of rotatable bonds is 7. The number of amides is 2. The molecule has 2 aromatic carbocycles. The van der Waals surface area contributed by atoms with Gasteiger partial charge in [-0.05, 0) is 41.7 Å². The number of hydrogen-bond acceptors (Lipinski definition) is 4. The van der Waals surface area contributed by atoms with Crippen molar-refractivity contribution < 1.29 is 14.3 Å². The van der Waals surface area contributed by atoms with Crippen molar-refractivity contribution in [2.75, 3.05) is 6.61 Å². The molecule has 1 heterocycles. The number of nitrogens with one attached hydrogen (secondary N) is 1. The number of hydrogen-bond donors (Lipinski definition) is 1. The second-order valence-corrected chi connectivity index (χ2v) is 7.18. The van der Waals surface area contributed by atoms with Gasteiger partial charge in [-0.25, -0.2) is 0 Å². The van der Waals surface area contributed by atoms with Crippen molar-refractivity contribution in [1.82, 2.24) is 5.32 Å². The number of carbonyl (C=O) groups excluding carboxylic acids is 2. The van der Waals surface area contributed by atoms with Crippen LogP contribution in [0.25, 0.3) is 0 Å². The fourth-order valence-electron chi connectivity index (χ4n) is 2.69. The van der Waals surface area contributed by atoms with Gasteiger partial charge in [0.15, 0.2) is 0 Å². The Kier molecular flexibility index (Phi) is 5.76. The van der Waals surface area contributed by atoms with Crippen LogP contribution in [0.2, 0.25) is 0 Å². The summed E-state index contributed by atoms with van der Waals surface area (Å²) in [7, 11) is 0. The Balaban J connectivity index is 1.47. The molecule has 1 atom stereocenters. The van der Waals surface area contributed by atoms with E-state index in [4.69, 9.17) is 4.74 Å². The average molecular weight is 355 g/mol. The van der Waals surface area contributed by atoms with Crippen molar-refractivity contribution in [3.05, 3.63) is 65.2 Å². The van der Waals surface area contributed by atoms with Crippen molar-refractivity contribution in [2.24, 2.45) is 0 Å². The fraction of sp³-hybridized carbons (Fsp3) is 0.300. The molecule has 4 nitrogen and oxygen atoms in total. The van der Waals surface area contributed by atoms with E-state index >= 15 is 0 Å². The molecule has 2 aromatic rings. The molecule has 1 saturated heterocycles. The zero-order chi connectivity index (χ0) is 17.6. The zero-order valence-corrected chi connectivity index (χ0v) is 15.0. The van der Waals surface area contributed by atoms with Crippen LogP contribution in [0.15, 0.2) is 48.5 Å². The Morgan fingerprint density at radius 3 is 2.20 bits per heavy atom. The second kappa shape index (κ2) is 8.21. The molecule has 3 rings (SSSR count). The lowest BCUT2D eigenvalue weighted by Gasteiger charge is -2.09. The maximum absolute atomic E-state index is 11.6. The van der Waals surface area contributed by atoms with E-state index in [1.54, 1.807) is 0 Å². The molecular formula is C20H21NO3S. The highest BCUT2D eigenvalue weighted by molar-refractivity contribution is 8.15. The smallest absolute Gasteiger partial charge is 0.286 e. The molecule has 2 amide bonds. The van der Waals surface area contributed by atoms with Gasteiger partial charge in [-0.3, -0.25) is 14.9 Å². The Morgan fingerprint density at radius 1 is 0.960 bits per heavy atom. The third-order valence-corrected chi connectivity index (χ3v) is 5.18. The molecule has 0 spiro atoms. The quantitative estimate of drug-likeness (QED) is 0.821. The van der Waals surface area contributed by atoms with Crippen LogP contribution in [-0.2, 0) is 24.1 Å². The number of benzene rings is 2. The minimum Gasteiger partial charge on any atom is -0.493 e. The van der Waals surface area contributed by atoms with Crippen LogP contribution in [-0.4, -0.2) is 23.0 Å². The van der Waals surface area contributed by atoms with E-state index in [1.165, 1.54) is 11.1 Å². The van der Waals surface area contributed by atoms with E-state index in [1.807, 2.05) is 24.3 Å². The van der Waals surface area contributed by atoms with E-state index < -0.39 is 0 Å². The highest BCUT2D eigenvalue weighted by Crippen LogP contribution is 2.23. The van der Waals surface area contributed by atoms with E-state index in [0.717, 1.165) is 35.9 Å². The summed E-state index contributed by atoms with van der Waals surface area (Å²) in [6.45, 7) is 2.78. The molecule has 5 heteroatoms. The van der Waals surface area contributed by atoms with Gasteiger partial charge in [0.05, 0.1) is 11.9 Å². The topological polar surface area (TPSA) is 55.4 Å². The predicted octanol–water partition coefficient (Wildman–Crippen LogP) is 3.76. The highest BCUT2D eigenvalue weighted by atomic mass is 32.2. The van der Waals surface area contributed by atoms with Crippen LogP contribution in [0.3, 0.4) is 0 Å². The largest absolute Gasteiger partial charge is 0.493 e. The van der Waals surface area contributed by atoms with Gasteiger partial charge in [-0.2, -0.15) is 0 Å². The number of aryl methyl sites for hydroxylation is 1. The summed E-state index contributed by atoms with van der Waals surface area (Å²) in [5, 5.41) is 1.72. The van der Waals surface area contributed by atoms with Gasteiger partial charge < -0.3 is 4.74 Å². The third kappa shape index (κ3) is 4.86. The molecule has 25 heavy (non-hydrogen) atoms. The van der Waals surface area contributed by atoms with E-state index in [9.17, 15) is 9.59 Å². The van der Waals surface area contributed by atoms with Gasteiger partial charge in [-0.15, -0.1) is 0 Å². The Bertz CT molecular complexity index is 741. The molecule has 0 aromatic heterocycles. The first-order valence-corrected chi connectivity index (χ1v) is 9.33. The molecule has 1 aliphatic rings. The molecule has 0 saturated carbocycles. The van der Waals surface area contributed by atoms with Crippen molar-refractivity contribution >= 4 is 22.9 Å². The number of carbonyl (C=O) groups is 2. The van der Waals surface area contributed by atoms with Gasteiger partial charge in [0.1, 0.15) is 5.75 Å². The highest BCUT2D eigenvalue weighted by Gasteiger charge is 2.31. The Hall–Kier alpha value is -2.27. The summed E-state index contributed by atoms with van der Waals surface area (Å²) in [5.41, 5.74) is 3.63. The molecule has 1 fully saturated rings. The summed E-state index contributed by atoms with van der Waals surface area (Å²) >= 11 is 1.06. The monoisotopic (exact) mass is 355 g/mol. The number of ether oxygens (including phenoxy) is 1.